The Kier molecular flexibility index (Phi) is 5.92. The van der Waals surface area contributed by atoms with Crippen LogP contribution >= 0.6 is 15.9 Å². The molecule has 0 aliphatic rings. The van der Waals surface area contributed by atoms with Crippen molar-refractivity contribution >= 4 is 33.4 Å². The summed E-state index contributed by atoms with van der Waals surface area (Å²) in [6, 6.07) is 6.06. The normalized spacial score (nSPS) is 10.4. The van der Waals surface area contributed by atoms with E-state index in [1.165, 1.54) is 12.8 Å². The van der Waals surface area contributed by atoms with Gasteiger partial charge in [-0.25, -0.2) is 0 Å². The minimum Gasteiger partial charge on any atom is -0.353 e. The molecule has 0 fully saturated rings. The van der Waals surface area contributed by atoms with E-state index in [1.807, 2.05) is 19.1 Å². The lowest BCUT2D eigenvalue weighted by molar-refractivity contribution is 0.738. The molecule has 0 bridgehead atoms. The van der Waals surface area contributed by atoms with Crippen LogP contribution in [0.4, 0.5) is 17.5 Å². The van der Waals surface area contributed by atoms with Gasteiger partial charge in [-0.15, -0.1) is 5.10 Å². The summed E-state index contributed by atoms with van der Waals surface area (Å²) in [6.07, 6.45) is 5.14. The highest BCUT2D eigenvalue weighted by Crippen LogP contribution is 2.22. The summed E-state index contributed by atoms with van der Waals surface area (Å²) >= 11 is 3.46. The van der Waals surface area contributed by atoms with Gasteiger partial charge in [0, 0.05) is 16.7 Å². The Balaban J connectivity index is 2.00. The first-order valence-corrected chi connectivity index (χ1v) is 7.95. The Morgan fingerprint density at radius 3 is 2.86 bits per heavy atom. The minimum absolute atomic E-state index is 0.561. The molecule has 1 heterocycles. The van der Waals surface area contributed by atoms with Crippen molar-refractivity contribution in [3.05, 3.63) is 34.4 Å². The summed E-state index contributed by atoms with van der Waals surface area (Å²) in [5.41, 5.74) is 2.15. The van der Waals surface area contributed by atoms with Crippen molar-refractivity contribution in [3.63, 3.8) is 0 Å². The molecule has 0 aliphatic carbocycles. The van der Waals surface area contributed by atoms with Crippen LogP contribution in [0.3, 0.4) is 0 Å². The van der Waals surface area contributed by atoms with Crippen LogP contribution in [0.15, 0.2) is 28.9 Å². The number of hydrogen-bond donors (Lipinski definition) is 2. The molecule has 0 spiro atoms. The fourth-order valence-electron chi connectivity index (χ4n) is 1.92. The average molecular weight is 350 g/mol. The number of halogens is 1. The van der Waals surface area contributed by atoms with Crippen LogP contribution < -0.4 is 10.6 Å². The predicted molar refractivity (Wildman–Crippen MR) is 90.0 cm³/mol. The van der Waals surface area contributed by atoms with Crippen molar-refractivity contribution in [1.82, 2.24) is 15.2 Å². The molecule has 0 atom stereocenters. The predicted octanol–water partition coefficient (Wildman–Crippen LogP) is 4.29. The summed E-state index contributed by atoms with van der Waals surface area (Å²) in [4.78, 5) is 4.42. The van der Waals surface area contributed by atoms with E-state index >= 15 is 0 Å². The third-order valence-electron chi connectivity index (χ3n) is 3.07. The van der Waals surface area contributed by atoms with Gasteiger partial charge in [-0.3, -0.25) is 0 Å². The molecular formula is C15H20BrN5. The maximum absolute atomic E-state index is 4.42. The van der Waals surface area contributed by atoms with Crippen LogP contribution in [-0.2, 0) is 0 Å². The fourth-order valence-corrected chi connectivity index (χ4v) is 2.39. The molecule has 0 amide bonds. The largest absolute Gasteiger partial charge is 0.353 e. The zero-order valence-corrected chi connectivity index (χ0v) is 13.9. The monoisotopic (exact) mass is 349 g/mol. The van der Waals surface area contributed by atoms with Crippen molar-refractivity contribution in [2.45, 2.75) is 33.1 Å². The first kappa shape index (κ1) is 15.7. The highest BCUT2D eigenvalue weighted by atomic mass is 79.9. The summed E-state index contributed by atoms with van der Waals surface area (Å²) in [6.45, 7) is 5.10. The van der Waals surface area contributed by atoms with Gasteiger partial charge in [0.15, 0.2) is 5.82 Å². The van der Waals surface area contributed by atoms with Crippen LogP contribution in [0.5, 0.6) is 0 Å². The number of unbranched alkanes of at least 4 members (excludes halogenated alkanes) is 2. The number of aryl methyl sites for hydroxylation is 1. The summed E-state index contributed by atoms with van der Waals surface area (Å²) in [5, 5.41) is 14.4. The number of anilines is 3. The molecular weight excluding hydrogens is 330 g/mol. The third kappa shape index (κ3) is 4.97. The van der Waals surface area contributed by atoms with Gasteiger partial charge < -0.3 is 10.6 Å². The molecule has 112 valence electrons. The SMILES string of the molecule is CCCCCNc1nncc(Nc2ccc(Br)cc2C)n1. The van der Waals surface area contributed by atoms with Crippen molar-refractivity contribution in [1.29, 1.82) is 0 Å². The van der Waals surface area contributed by atoms with Crippen molar-refractivity contribution in [2.24, 2.45) is 0 Å². The van der Waals surface area contributed by atoms with E-state index in [4.69, 9.17) is 0 Å². The number of aromatic nitrogens is 3. The van der Waals surface area contributed by atoms with Gasteiger partial charge in [-0.2, -0.15) is 10.1 Å². The third-order valence-corrected chi connectivity index (χ3v) is 3.57. The Labute approximate surface area is 133 Å². The lowest BCUT2D eigenvalue weighted by atomic mass is 10.2. The zero-order valence-electron chi connectivity index (χ0n) is 12.4. The van der Waals surface area contributed by atoms with Crippen molar-refractivity contribution in [2.75, 3.05) is 17.2 Å². The molecule has 6 heteroatoms. The molecule has 2 rings (SSSR count). The van der Waals surface area contributed by atoms with E-state index in [-0.39, 0.29) is 0 Å². The number of hydrogen-bond acceptors (Lipinski definition) is 5. The molecule has 1 aromatic heterocycles. The lowest BCUT2D eigenvalue weighted by Gasteiger charge is -2.10. The Bertz CT molecular complexity index is 588. The van der Waals surface area contributed by atoms with Gasteiger partial charge in [-0.05, 0) is 37.1 Å². The summed E-state index contributed by atoms with van der Waals surface area (Å²) < 4.78 is 1.06. The smallest absolute Gasteiger partial charge is 0.244 e. The second-order valence-corrected chi connectivity index (χ2v) is 5.80. The molecule has 21 heavy (non-hydrogen) atoms. The van der Waals surface area contributed by atoms with Gasteiger partial charge >= 0.3 is 0 Å². The van der Waals surface area contributed by atoms with E-state index in [9.17, 15) is 0 Å². The maximum Gasteiger partial charge on any atom is 0.244 e. The zero-order chi connectivity index (χ0) is 15.1. The molecule has 0 aliphatic heterocycles. The van der Waals surface area contributed by atoms with E-state index in [0.29, 0.717) is 11.8 Å². The highest BCUT2D eigenvalue weighted by Gasteiger charge is 2.03. The Hall–Kier alpha value is -1.69. The van der Waals surface area contributed by atoms with E-state index in [2.05, 4.69) is 54.7 Å². The number of benzene rings is 1. The maximum atomic E-state index is 4.42. The summed E-state index contributed by atoms with van der Waals surface area (Å²) in [7, 11) is 0. The van der Waals surface area contributed by atoms with Crippen LogP contribution in [0.1, 0.15) is 31.7 Å². The van der Waals surface area contributed by atoms with Crippen LogP contribution in [-0.4, -0.2) is 21.7 Å². The molecule has 2 aromatic rings. The van der Waals surface area contributed by atoms with Crippen LogP contribution in [0.2, 0.25) is 0 Å². The van der Waals surface area contributed by atoms with Gasteiger partial charge in [-0.1, -0.05) is 35.7 Å². The standard InChI is InChI=1S/C15H20BrN5/c1-3-4-5-8-17-15-20-14(10-18-21-15)19-13-7-6-12(16)9-11(13)2/h6-7,9-10H,3-5,8H2,1-2H3,(H2,17,19,20,21). The van der Waals surface area contributed by atoms with Crippen molar-refractivity contribution < 1.29 is 0 Å². The van der Waals surface area contributed by atoms with Crippen LogP contribution in [0, 0.1) is 6.92 Å². The second kappa shape index (κ2) is 7.93. The first-order chi connectivity index (χ1) is 10.2. The molecule has 0 radical (unpaired) electrons. The van der Waals surface area contributed by atoms with Gasteiger partial charge in [0.25, 0.3) is 0 Å². The highest BCUT2D eigenvalue weighted by molar-refractivity contribution is 9.10. The van der Waals surface area contributed by atoms with Gasteiger partial charge in [0.1, 0.15) is 0 Å². The Morgan fingerprint density at radius 1 is 1.24 bits per heavy atom. The lowest BCUT2D eigenvalue weighted by Crippen LogP contribution is -2.07. The average Bonchev–Trinajstić information content (AvgIpc) is 2.47. The van der Waals surface area contributed by atoms with E-state index < -0.39 is 0 Å². The van der Waals surface area contributed by atoms with Gasteiger partial charge in [0.05, 0.1) is 6.20 Å². The van der Waals surface area contributed by atoms with Gasteiger partial charge in [0.2, 0.25) is 5.95 Å². The first-order valence-electron chi connectivity index (χ1n) is 7.16. The number of rotatable bonds is 7. The second-order valence-electron chi connectivity index (χ2n) is 4.88. The minimum atomic E-state index is 0.561. The van der Waals surface area contributed by atoms with E-state index in [0.717, 1.165) is 28.7 Å². The fraction of sp³-hybridized carbons (Fsp3) is 0.400. The topological polar surface area (TPSA) is 62.7 Å². The number of nitrogens with zero attached hydrogens (tertiary/aromatic N) is 3. The quantitative estimate of drug-likeness (QED) is 0.730. The molecule has 0 saturated heterocycles. The molecule has 0 unspecified atom stereocenters. The molecule has 5 nitrogen and oxygen atoms in total. The van der Waals surface area contributed by atoms with Crippen molar-refractivity contribution in [3.8, 4) is 0 Å². The van der Waals surface area contributed by atoms with Crippen LogP contribution in [0.25, 0.3) is 0 Å². The molecule has 1 aromatic carbocycles. The molecule has 0 saturated carbocycles. The summed E-state index contributed by atoms with van der Waals surface area (Å²) in [5.74, 6) is 1.25. The number of nitrogens with one attached hydrogen (secondary N) is 2. The molecule has 2 N–H and O–H groups in total. The van der Waals surface area contributed by atoms with E-state index in [1.54, 1.807) is 6.20 Å². The Morgan fingerprint density at radius 2 is 2.10 bits per heavy atom.